The SMILES string of the molecule is Cc1cc(F)c(NCc2ccc(O)c(F)c2)cc1F. The molecule has 2 nitrogen and oxygen atoms in total. The average molecular weight is 267 g/mol. The summed E-state index contributed by atoms with van der Waals surface area (Å²) in [6.45, 7) is 1.59. The molecule has 0 aliphatic heterocycles. The number of aryl methyl sites for hydroxylation is 1. The van der Waals surface area contributed by atoms with Crippen LogP contribution >= 0.6 is 0 Å². The van der Waals surface area contributed by atoms with Gasteiger partial charge in [0.05, 0.1) is 5.69 Å². The average Bonchev–Trinajstić information content (AvgIpc) is 2.36. The summed E-state index contributed by atoms with van der Waals surface area (Å²) < 4.78 is 39.9. The molecule has 0 aliphatic carbocycles. The van der Waals surface area contributed by atoms with E-state index in [1.54, 1.807) is 0 Å². The van der Waals surface area contributed by atoms with E-state index < -0.39 is 23.2 Å². The Labute approximate surface area is 108 Å². The maximum Gasteiger partial charge on any atom is 0.165 e. The number of phenols is 1. The van der Waals surface area contributed by atoms with E-state index in [-0.39, 0.29) is 17.8 Å². The number of hydrogen-bond donors (Lipinski definition) is 2. The second-order valence-electron chi connectivity index (χ2n) is 4.22. The smallest absolute Gasteiger partial charge is 0.165 e. The number of hydrogen-bond acceptors (Lipinski definition) is 2. The number of rotatable bonds is 3. The summed E-state index contributed by atoms with van der Waals surface area (Å²) in [5.41, 5.74) is 0.742. The van der Waals surface area contributed by atoms with E-state index in [1.807, 2.05) is 0 Å². The minimum Gasteiger partial charge on any atom is -0.505 e. The summed E-state index contributed by atoms with van der Waals surface area (Å²) in [4.78, 5) is 0. The van der Waals surface area contributed by atoms with E-state index in [2.05, 4.69) is 5.32 Å². The molecule has 0 saturated carbocycles. The van der Waals surface area contributed by atoms with Crippen LogP contribution in [0.4, 0.5) is 18.9 Å². The van der Waals surface area contributed by atoms with Gasteiger partial charge in [0.1, 0.15) is 11.6 Å². The first kappa shape index (κ1) is 13.3. The van der Waals surface area contributed by atoms with Crippen molar-refractivity contribution < 1.29 is 18.3 Å². The van der Waals surface area contributed by atoms with Gasteiger partial charge in [-0.25, -0.2) is 13.2 Å². The molecule has 2 aromatic rings. The minimum absolute atomic E-state index is 0.0107. The molecule has 100 valence electrons. The van der Waals surface area contributed by atoms with Crippen molar-refractivity contribution in [3.63, 3.8) is 0 Å². The Balaban J connectivity index is 2.14. The zero-order valence-corrected chi connectivity index (χ0v) is 10.2. The maximum absolute atomic E-state index is 13.5. The van der Waals surface area contributed by atoms with Crippen LogP contribution in [-0.4, -0.2) is 5.11 Å². The molecule has 0 heterocycles. The van der Waals surface area contributed by atoms with Gasteiger partial charge in [0, 0.05) is 12.6 Å². The Hall–Kier alpha value is -2.17. The Kier molecular flexibility index (Phi) is 3.64. The second kappa shape index (κ2) is 5.22. The van der Waals surface area contributed by atoms with Gasteiger partial charge in [0.2, 0.25) is 0 Å². The molecule has 0 saturated heterocycles. The molecule has 0 unspecified atom stereocenters. The van der Waals surface area contributed by atoms with Crippen molar-refractivity contribution in [3.05, 3.63) is 58.9 Å². The van der Waals surface area contributed by atoms with Crippen molar-refractivity contribution in [1.29, 1.82) is 0 Å². The van der Waals surface area contributed by atoms with Crippen molar-refractivity contribution in [2.75, 3.05) is 5.32 Å². The predicted octanol–water partition coefficient (Wildman–Crippen LogP) is 3.73. The number of anilines is 1. The molecular weight excluding hydrogens is 255 g/mol. The fourth-order valence-corrected chi connectivity index (χ4v) is 1.64. The highest BCUT2D eigenvalue weighted by Gasteiger charge is 2.07. The summed E-state index contributed by atoms with van der Waals surface area (Å²) in [5, 5.41) is 11.7. The van der Waals surface area contributed by atoms with Gasteiger partial charge in [-0.05, 0) is 36.2 Å². The first-order chi connectivity index (χ1) is 8.97. The molecule has 2 rings (SSSR count). The lowest BCUT2D eigenvalue weighted by atomic mass is 10.1. The van der Waals surface area contributed by atoms with Crippen LogP contribution in [-0.2, 0) is 6.54 Å². The predicted molar refractivity (Wildman–Crippen MR) is 66.5 cm³/mol. The first-order valence-electron chi connectivity index (χ1n) is 5.64. The van der Waals surface area contributed by atoms with Crippen LogP contribution in [0, 0.1) is 24.4 Å². The van der Waals surface area contributed by atoms with Gasteiger partial charge in [0.25, 0.3) is 0 Å². The van der Waals surface area contributed by atoms with Crippen molar-refractivity contribution >= 4 is 5.69 Å². The lowest BCUT2D eigenvalue weighted by molar-refractivity contribution is 0.432. The summed E-state index contributed by atoms with van der Waals surface area (Å²) in [7, 11) is 0. The minimum atomic E-state index is -0.755. The molecule has 0 spiro atoms. The van der Waals surface area contributed by atoms with Crippen molar-refractivity contribution in [3.8, 4) is 5.75 Å². The van der Waals surface area contributed by atoms with Gasteiger partial charge < -0.3 is 10.4 Å². The highest BCUT2D eigenvalue weighted by Crippen LogP contribution is 2.21. The number of benzene rings is 2. The van der Waals surface area contributed by atoms with Gasteiger partial charge in [-0.2, -0.15) is 0 Å². The fraction of sp³-hybridized carbons (Fsp3) is 0.143. The van der Waals surface area contributed by atoms with Crippen LogP contribution < -0.4 is 5.32 Å². The Bertz CT molecular complexity index is 614. The van der Waals surface area contributed by atoms with E-state index in [9.17, 15) is 13.2 Å². The monoisotopic (exact) mass is 267 g/mol. The Morgan fingerprint density at radius 3 is 2.42 bits per heavy atom. The number of aromatic hydroxyl groups is 1. The molecule has 0 aromatic heterocycles. The van der Waals surface area contributed by atoms with Crippen molar-refractivity contribution in [2.24, 2.45) is 0 Å². The van der Waals surface area contributed by atoms with Crippen molar-refractivity contribution in [2.45, 2.75) is 13.5 Å². The highest BCUT2D eigenvalue weighted by atomic mass is 19.1. The van der Waals surface area contributed by atoms with E-state index in [0.717, 1.165) is 18.2 Å². The molecule has 5 heteroatoms. The third-order valence-electron chi connectivity index (χ3n) is 2.74. The Morgan fingerprint density at radius 1 is 1.00 bits per heavy atom. The molecule has 0 amide bonds. The van der Waals surface area contributed by atoms with Crippen LogP contribution in [0.3, 0.4) is 0 Å². The van der Waals surface area contributed by atoms with Gasteiger partial charge in [-0.1, -0.05) is 6.07 Å². The summed E-state index contributed by atoms with van der Waals surface area (Å²) in [6, 6.07) is 5.98. The number of phenolic OH excluding ortho intramolecular Hbond substituents is 1. The maximum atomic E-state index is 13.5. The quantitative estimate of drug-likeness (QED) is 0.888. The normalized spacial score (nSPS) is 10.5. The molecule has 19 heavy (non-hydrogen) atoms. The van der Waals surface area contributed by atoms with Gasteiger partial charge in [-0.3, -0.25) is 0 Å². The summed E-state index contributed by atoms with van der Waals surface area (Å²) >= 11 is 0. The summed E-state index contributed by atoms with van der Waals surface area (Å²) in [6.07, 6.45) is 0. The first-order valence-corrected chi connectivity index (χ1v) is 5.64. The van der Waals surface area contributed by atoms with E-state index in [0.29, 0.717) is 5.56 Å². The molecule has 0 fully saturated rings. The van der Waals surface area contributed by atoms with Crippen LogP contribution in [0.15, 0.2) is 30.3 Å². The van der Waals surface area contributed by atoms with Gasteiger partial charge >= 0.3 is 0 Å². The molecule has 0 aliphatic rings. The third kappa shape index (κ3) is 2.99. The largest absolute Gasteiger partial charge is 0.505 e. The lowest BCUT2D eigenvalue weighted by Crippen LogP contribution is -2.03. The number of halogens is 3. The summed E-state index contributed by atoms with van der Waals surface area (Å²) in [5.74, 6) is -2.29. The standard InChI is InChI=1S/C14H12F3NO/c1-8-4-11(16)13(6-10(8)15)18-7-9-2-3-14(19)12(17)5-9/h2-6,18-19H,7H2,1H3. The molecule has 2 N–H and O–H groups in total. The highest BCUT2D eigenvalue weighted by molar-refractivity contribution is 5.47. The van der Waals surface area contributed by atoms with Crippen LogP contribution in [0.5, 0.6) is 5.75 Å². The van der Waals surface area contributed by atoms with Crippen LogP contribution in [0.2, 0.25) is 0 Å². The fourth-order valence-electron chi connectivity index (χ4n) is 1.64. The van der Waals surface area contributed by atoms with Crippen LogP contribution in [0.25, 0.3) is 0 Å². The van der Waals surface area contributed by atoms with Gasteiger partial charge in [-0.15, -0.1) is 0 Å². The zero-order chi connectivity index (χ0) is 14.0. The molecule has 0 radical (unpaired) electrons. The second-order valence-corrected chi connectivity index (χ2v) is 4.22. The van der Waals surface area contributed by atoms with Gasteiger partial charge in [0.15, 0.2) is 11.6 Å². The molecule has 0 bridgehead atoms. The zero-order valence-electron chi connectivity index (χ0n) is 10.2. The third-order valence-corrected chi connectivity index (χ3v) is 2.74. The topological polar surface area (TPSA) is 32.3 Å². The van der Waals surface area contributed by atoms with E-state index >= 15 is 0 Å². The lowest BCUT2D eigenvalue weighted by Gasteiger charge is -2.09. The molecular formula is C14H12F3NO. The van der Waals surface area contributed by atoms with Crippen molar-refractivity contribution in [1.82, 2.24) is 0 Å². The van der Waals surface area contributed by atoms with Crippen LogP contribution in [0.1, 0.15) is 11.1 Å². The molecule has 0 atom stereocenters. The van der Waals surface area contributed by atoms with E-state index in [1.165, 1.54) is 19.1 Å². The number of nitrogens with one attached hydrogen (secondary N) is 1. The Morgan fingerprint density at radius 2 is 1.74 bits per heavy atom. The van der Waals surface area contributed by atoms with E-state index in [4.69, 9.17) is 5.11 Å². The molecule has 2 aromatic carbocycles.